The van der Waals surface area contributed by atoms with Crippen LogP contribution in [0.15, 0.2) is 41.0 Å². The molecule has 0 amide bonds. The van der Waals surface area contributed by atoms with Gasteiger partial charge in [0.15, 0.2) is 0 Å². The predicted octanol–water partition coefficient (Wildman–Crippen LogP) is 4.85. The minimum absolute atomic E-state index is 0.591. The Bertz CT molecular complexity index is 519. The molecular formula is C11H7BrClIN2. The van der Waals surface area contributed by atoms with Gasteiger partial charge in [0, 0.05) is 19.9 Å². The van der Waals surface area contributed by atoms with Crippen molar-refractivity contribution in [2.24, 2.45) is 0 Å². The SMILES string of the molecule is Clc1cc(Br)cnc1Nc1cccc(I)c1. The van der Waals surface area contributed by atoms with Gasteiger partial charge in [0.05, 0.1) is 5.02 Å². The number of hydrogen-bond acceptors (Lipinski definition) is 2. The van der Waals surface area contributed by atoms with Crippen LogP contribution in [0.4, 0.5) is 11.5 Å². The third-order valence-electron chi connectivity index (χ3n) is 1.90. The molecule has 1 aromatic heterocycles. The van der Waals surface area contributed by atoms with Crippen LogP contribution in [0, 0.1) is 3.57 Å². The largest absolute Gasteiger partial charge is 0.339 e. The molecule has 0 bridgehead atoms. The van der Waals surface area contributed by atoms with Crippen molar-refractivity contribution in [2.45, 2.75) is 0 Å². The smallest absolute Gasteiger partial charge is 0.149 e. The summed E-state index contributed by atoms with van der Waals surface area (Å²) >= 11 is 11.6. The first-order chi connectivity index (χ1) is 7.65. The van der Waals surface area contributed by atoms with E-state index in [1.807, 2.05) is 30.3 Å². The molecule has 5 heteroatoms. The van der Waals surface area contributed by atoms with Crippen molar-refractivity contribution in [1.29, 1.82) is 0 Å². The molecule has 16 heavy (non-hydrogen) atoms. The second kappa shape index (κ2) is 5.33. The fourth-order valence-electron chi connectivity index (χ4n) is 1.21. The maximum Gasteiger partial charge on any atom is 0.149 e. The summed E-state index contributed by atoms with van der Waals surface area (Å²) in [5.74, 6) is 0.659. The molecule has 0 atom stereocenters. The van der Waals surface area contributed by atoms with Crippen LogP contribution in [0.2, 0.25) is 5.02 Å². The van der Waals surface area contributed by atoms with Gasteiger partial charge in [-0.05, 0) is 62.8 Å². The van der Waals surface area contributed by atoms with Crippen molar-refractivity contribution in [3.8, 4) is 0 Å². The minimum Gasteiger partial charge on any atom is -0.339 e. The van der Waals surface area contributed by atoms with E-state index >= 15 is 0 Å². The van der Waals surface area contributed by atoms with Crippen LogP contribution < -0.4 is 5.32 Å². The number of anilines is 2. The number of hydrogen-bond donors (Lipinski definition) is 1. The number of pyridine rings is 1. The zero-order valence-corrected chi connectivity index (χ0v) is 12.5. The highest BCUT2D eigenvalue weighted by molar-refractivity contribution is 14.1. The van der Waals surface area contributed by atoms with Gasteiger partial charge in [-0.15, -0.1) is 0 Å². The molecule has 0 aliphatic heterocycles. The topological polar surface area (TPSA) is 24.9 Å². The van der Waals surface area contributed by atoms with E-state index in [2.05, 4.69) is 48.8 Å². The molecule has 2 nitrogen and oxygen atoms in total. The van der Waals surface area contributed by atoms with Crippen LogP contribution in [-0.2, 0) is 0 Å². The molecule has 2 rings (SSSR count). The molecule has 0 fully saturated rings. The van der Waals surface area contributed by atoms with Crippen molar-refractivity contribution >= 4 is 61.6 Å². The summed E-state index contributed by atoms with van der Waals surface area (Å²) in [5.41, 5.74) is 0.976. The van der Waals surface area contributed by atoms with Crippen molar-refractivity contribution in [3.05, 3.63) is 49.6 Å². The van der Waals surface area contributed by atoms with Crippen molar-refractivity contribution in [2.75, 3.05) is 5.32 Å². The second-order valence-electron chi connectivity index (χ2n) is 3.12. The molecule has 1 N–H and O–H groups in total. The van der Waals surface area contributed by atoms with Crippen LogP contribution in [0.3, 0.4) is 0 Å². The first-order valence-corrected chi connectivity index (χ1v) is 6.74. The molecule has 0 aliphatic carbocycles. The van der Waals surface area contributed by atoms with E-state index in [0.717, 1.165) is 13.7 Å². The second-order valence-corrected chi connectivity index (χ2v) is 5.69. The molecule has 0 aliphatic rings. The van der Waals surface area contributed by atoms with E-state index in [1.54, 1.807) is 6.20 Å². The van der Waals surface area contributed by atoms with Gasteiger partial charge in [-0.1, -0.05) is 17.7 Å². The quantitative estimate of drug-likeness (QED) is 0.718. The van der Waals surface area contributed by atoms with E-state index in [1.165, 1.54) is 0 Å². The lowest BCUT2D eigenvalue weighted by molar-refractivity contribution is 1.29. The third kappa shape index (κ3) is 3.09. The number of halogens is 3. The van der Waals surface area contributed by atoms with E-state index in [0.29, 0.717) is 10.8 Å². The number of rotatable bonds is 2. The summed E-state index contributed by atoms with van der Waals surface area (Å²) in [6.45, 7) is 0. The number of benzene rings is 1. The van der Waals surface area contributed by atoms with Gasteiger partial charge in [0.1, 0.15) is 5.82 Å². The summed E-state index contributed by atoms with van der Waals surface area (Å²) in [5, 5.41) is 3.76. The lowest BCUT2D eigenvalue weighted by Crippen LogP contribution is -1.94. The Labute approximate surface area is 121 Å². The number of nitrogens with zero attached hydrogens (tertiary/aromatic N) is 1. The van der Waals surface area contributed by atoms with E-state index in [4.69, 9.17) is 11.6 Å². The minimum atomic E-state index is 0.591. The normalized spacial score (nSPS) is 10.2. The number of aromatic nitrogens is 1. The molecule has 0 saturated carbocycles. The van der Waals surface area contributed by atoms with Gasteiger partial charge in [0.2, 0.25) is 0 Å². The van der Waals surface area contributed by atoms with Crippen molar-refractivity contribution in [3.63, 3.8) is 0 Å². The van der Waals surface area contributed by atoms with Crippen LogP contribution in [-0.4, -0.2) is 4.98 Å². The summed E-state index contributed by atoms with van der Waals surface area (Å²) in [7, 11) is 0. The third-order valence-corrected chi connectivity index (χ3v) is 3.29. The highest BCUT2D eigenvalue weighted by Gasteiger charge is 2.03. The van der Waals surface area contributed by atoms with Gasteiger partial charge in [0.25, 0.3) is 0 Å². The van der Waals surface area contributed by atoms with Gasteiger partial charge >= 0.3 is 0 Å². The van der Waals surface area contributed by atoms with Crippen LogP contribution >= 0.6 is 50.1 Å². The van der Waals surface area contributed by atoms with E-state index < -0.39 is 0 Å². The zero-order chi connectivity index (χ0) is 11.5. The Hall–Kier alpha value is -0.330. The first-order valence-electron chi connectivity index (χ1n) is 4.49. The molecule has 0 radical (unpaired) electrons. The zero-order valence-electron chi connectivity index (χ0n) is 8.05. The molecule has 1 heterocycles. The Balaban J connectivity index is 2.27. The van der Waals surface area contributed by atoms with Gasteiger partial charge in [-0.3, -0.25) is 0 Å². The number of nitrogens with one attached hydrogen (secondary N) is 1. The van der Waals surface area contributed by atoms with Gasteiger partial charge < -0.3 is 5.32 Å². The van der Waals surface area contributed by atoms with Crippen molar-refractivity contribution in [1.82, 2.24) is 4.98 Å². The van der Waals surface area contributed by atoms with Gasteiger partial charge in [-0.25, -0.2) is 4.98 Å². The highest BCUT2D eigenvalue weighted by atomic mass is 127. The monoisotopic (exact) mass is 408 g/mol. The standard InChI is InChI=1S/C11H7BrClIN2/c12-7-4-10(13)11(15-6-7)16-9-3-1-2-8(14)5-9/h1-6H,(H,15,16). The fraction of sp³-hybridized carbons (Fsp3) is 0. The average Bonchev–Trinajstić information content (AvgIpc) is 2.22. The summed E-state index contributed by atoms with van der Waals surface area (Å²) in [6.07, 6.45) is 1.71. The van der Waals surface area contributed by atoms with Crippen LogP contribution in [0.5, 0.6) is 0 Å². The maximum atomic E-state index is 6.06. The first kappa shape index (κ1) is 12.1. The highest BCUT2D eigenvalue weighted by Crippen LogP contribution is 2.26. The summed E-state index contributed by atoms with van der Waals surface area (Å²) in [6, 6.07) is 9.83. The molecule has 1 aromatic carbocycles. The van der Waals surface area contributed by atoms with Crippen molar-refractivity contribution < 1.29 is 0 Å². The lowest BCUT2D eigenvalue weighted by atomic mass is 10.3. The summed E-state index contributed by atoms with van der Waals surface area (Å²) in [4.78, 5) is 4.21. The predicted molar refractivity (Wildman–Crippen MR) is 79.4 cm³/mol. The molecular weight excluding hydrogens is 402 g/mol. The Morgan fingerprint density at radius 1 is 1.31 bits per heavy atom. The Morgan fingerprint density at radius 2 is 2.12 bits per heavy atom. The molecule has 0 spiro atoms. The van der Waals surface area contributed by atoms with E-state index in [-0.39, 0.29) is 0 Å². The lowest BCUT2D eigenvalue weighted by Gasteiger charge is -2.07. The Kier molecular flexibility index (Phi) is 4.05. The molecule has 0 saturated heterocycles. The average molecular weight is 409 g/mol. The molecule has 0 unspecified atom stereocenters. The van der Waals surface area contributed by atoms with Crippen LogP contribution in [0.1, 0.15) is 0 Å². The fourth-order valence-corrected chi connectivity index (χ4v) is 2.43. The molecule has 82 valence electrons. The van der Waals surface area contributed by atoms with Crippen LogP contribution in [0.25, 0.3) is 0 Å². The van der Waals surface area contributed by atoms with Gasteiger partial charge in [-0.2, -0.15) is 0 Å². The maximum absolute atomic E-state index is 6.06. The van der Waals surface area contributed by atoms with E-state index in [9.17, 15) is 0 Å². The summed E-state index contributed by atoms with van der Waals surface area (Å²) < 4.78 is 2.03. The Morgan fingerprint density at radius 3 is 2.81 bits per heavy atom. The molecule has 2 aromatic rings.